The number of ketones is 2. The Bertz CT molecular complexity index is 569. The summed E-state index contributed by atoms with van der Waals surface area (Å²) >= 11 is 0. The van der Waals surface area contributed by atoms with Crippen molar-refractivity contribution in [1.29, 1.82) is 0 Å². The molecule has 1 N–H and O–H groups in total. The Balaban J connectivity index is 1.68. The highest BCUT2D eigenvalue weighted by atomic mass is 16.3. The van der Waals surface area contributed by atoms with Crippen LogP contribution in [0.1, 0.15) is 72.1 Å². The number of hydrogen-bond donors (Lipinski definition) is 1. The zero-order valence-electron chi connectivity index (χ0n) is 15.4. The summed E-state index contributed by atoms with van der Waals surface area (Å²) in [5.74, 6) is 2.48. The van der Waals surface area contributed by atoms with Crippen LogP contribution in [0, 0.1) is 40.4 Å². The number of aliphatic hydroxyl groups is 1. The van der Waals surface area contributed by atoms with Gasteiger partial charge in [0.05, 0.1) is 6.10 Å². The number of aliphatic hydroxyl groups excluding tert-OH is 1. The molecule has 0 aliphatic heterocycles. The maximum atomic E-state index is 13.3. The molecular formula is C21H32O3. The second kappa shape index (κ2) is 5.40. The summed E-state index contributed by atoms with van der Waals surface area (Å²) in [6.07, 6.45) is 7.53. The van der Waals surface area contributed by atoms with E-state index in [1.165, 1.54) is 0 Å². The van der Waals surface area contributed by atoms with Crippen molar-refractivity contribution in [3.05, 3.63) is 0 Å². The van der Waals surface area contributed by atoms with Gasteiger partial charge in [0.25, 0.3) is 0 Å². The molecule has 4 saturated carbocycles. The van der Waals surface area contributed by atoms with Gasteiger partial charge in [-0.25, -0.2) is 0 Å². The Labute approximate surface area is 145 Å². The molecule has 0 heterocycles. The molecule has 24 heavy (non-hydrogen) atoms. The molecule has 4 unspecified atom stereocenters. The minimum absolute atomic E-state index is 0.0782. The Morgan fingerprint density at radius 3 is 2.54 bits per heavy atom. The first-order valence-corrected chi connectivity index (χ1v) is 9.98. The second-order valence-corrected chi connectivity index (χ2v) is 9.85. The lowest BCUT2D eigenvalue weighted by Gasteiger charge is -2.59. The number of hydrogen-bond acceptors (Lipinski definition) is 3. The van der Waals surface area contributed by atoms with Crippen LogP contribution in [0.2, 0.25) is 0 Å². The van der Waals surface area contributed by atoms with Gasteiger partial charge in [0, 0.05) is 18.3 Å². The van der Waals surface area contributed by atoms with E-state index in [9.17, 15) is 14.7 Å². The van der Waals surface area contributed by atoms with Crippen molar-refractivity contribution >= 4 is 11.6 Å². The summed E-state index contributed by atoms with van der Waals surface area (Å²) in [6, 6.07) is 0. The van der Waals surface area contributed by atoms with E-state index in [1.54, 1.807) is 6.92 Å². The zero-order chi connectivity index (χ0) is 17.3. The molecule has 3 nitrogen and oxygen atoms in total. The third-order valence-corrected chi connectivity index (χ3v) is 8.81. The maximum absolute atomic E-state index is 13.3. The molecule has 0 amide bonds. The van der Waals surface area contributed by atoms with Crippen LogP contribution in [0.4, 0.5) is 0 Å². The van der Waals surface area contributed by atoms with E-state index in [0.29, 0.717) is 30.0 Å². The van der Waals surface area contributed by atoms with E-state index in [0.717, 1.165) is 44.9 Å². The predicted molar refractivity (Wildman–Crippen MR) is 92.3 cm³/mol. The molecule has 4 rings (SSSR count). The Morgan fingerprint density at radius 2 is 1.83 bits per heavy atom. The smallest absolute Gasteiger partial charge is 0.137 e. The van der Waals surface area contributed by atoms with Gasteiger partial charge in [0.15, 0.2) is 0 Å². The van der Waals surface area contributed by atoms with E-state index in [-0.39, 0.29) is 34.6 Å². The van der Waals surface area contributed by atoms with Gasteiger partial charge in [-0.3, -0.25) is 9.59 Å². The molecule has 0 spiro atoms. The molecule has 4 aliphatic rings. The molecular weight excluding hydrogens is 300 g/mol. The van der Waals surface area contributed by atoms with Crippen molar-refractivity contribution in [2.75, 3.05) is 0 Å². The number of Topliss-reactive ketones (excluding diaryl/α,β-unsaturated/α-hetero) is 2. The summed E-state index contributed by atoms with van der Waals surface area (Å²) in [5, 5.41) is 10.1. The molecule has 0 aromatic carbocycles. The number of rotatable bonds is 1. The maximum Gasteiger partial charge on any atom is 0.137 e. The molecule has 0 aromatic heterocycles. The van der Waals surface area contributed by atoms with Crippen molar-refractivity contribution in [2.45, 2.75) is 78.2 Å². The molecule has 4 fully saturated rings. The van der Waals surface area contributed by atoms with Crippen LogP contribution >= 0.6 is 0 Å². The first-order chi connectivity index (χ1) is 11.3. The van der Waals surface area contributed by atoms with Crippen LogP contribution in [-0.2, 0) is 9.59 Å². The van der Waals surface area contributed by atoms with Crippen LogP contribution in [0.25, 0.3) is 0 Å². The van der Waals surface area contributed by atoms with Gasteiger partial charge in [0.1, 0.15) is 11.6 Å². The van der Waals surface area contributed by atoms with Crippen molar-refractivity contribution in [2.24, 2.45) is 40.4 Å². The highest BCUT2D eigenvalue weighted by Crippen LogP contribution is 2.66. The molecule has 0 bridgehead atoms. The van der Waals surface area contributed by atoms with Crippen LogP contribution in [0.15, 0.2) is 0 Å². The molecule has 4 aliphatic carbocycles. The second-order valence-electron chi connectivity index (χ2n) is 9.85. The fourth-order valence-electron chi connectivity index (χ4n) is 7.72. The third-order valence-electron chi connectivity index (χ3n) is 8.81. The fourth-order valence-corrected chi connectivity index (χ4v) is 7.72. The molecule has 3 heteroatoms. The zero-order valence-corrected chi connectivity index (χ0v) is 15.4. The SMILES string of the molecule is CC(=O)C1CCC2C3CC[C@@H]4C[C@H](O)CC[C@]4(C)C3C(=O)C[C@]12C. The fraction of sp³-hybridized carbons (Fsp3) is 0.905. The molecule has 0 saturated heterocycles. The monoisotopic (exact) mass is 332 g/mol. The third kappa shape index (κ3) is 2.12. The van der Waals surface area contributed by atoms with Gasteiger partial charge in [-0.2, -0.15) is 0 Å². The van der Waals surface area contributed by atoms with Gasteiger partial charge in [-0.05, 0) is 80.5 Å². The van der Waals surface area contributed by atoms with Crippen LogP contribution in [0.3, 0.4) is 0 Å². The van der Waals surface area contributed by atoms with E-state index in [4.69, 9.17) is 0 Å². The Kier molecular flexibility index (Phi) is 3.77. The largest absolute Gasteiger partial charge is 0.393 e. The van der Waals surface area contributed by atoms with Gasteiger partial charge >= 0.3 is 0 Å². The van der Waals surface area contributed by atoms with Crippen LogP contribution in [0.5, 0.6) is 0 Å². The minimum Gasteiger partial charge on any atom is -0.393 e. The van der Waals surface area contributed by atoms with E-state index in [2.05, 4.69) is 13.8 Å². The van der Waals surface area contributed by atoms with Crippen LogP contribution < -0.4 is 0 Å². The summed E-state index contributed by atoms with van der Waals surface area (Å²) < 4.78 is 0. The van der Waals surface area contributed by atoms with Crippen LogP contribution in [-0.4, -0.2) is 22.8 Å². The van der Waals surface area contributed by atoms with Crippen molar-refractivity contribution in [3.63, 3.8) is 0 Å². The Hall–Kier alpha value is -0.700. The first kappa shape index (κ1) is 16.8. The quantitative estimate of drug-likeness (QED) is 0.795. The summed E-state index contributed by atoms with van der Waals surface area (Å²) in [5.41, 5.74) is -0.0175. The van der Waals surface area contributed by atoms with Crippen molar-refractivity contribution in [1.82, 2.24) is 0 Å². The normalized spacial score (nSPS) is 53.9. The molecule has 134 valence electrons. The molecule has 0 aromatic rings. The highest BCUT2D eigenvalue weighted by Gasteiger charge is 2.63. The number of carbonyl (C=O) groups excluding carboxylic acids is 2. The minimum atomic E-state index is -0.169. The number of fused-ring (bicyclic) bond motifs is 5. The van der Waals surface area contributed by atoms with Crippen molar-refractivity contribution in [3.8, 4) is 0 Å². The van der Waals surface area contributed by atoms with E-state index < -0.39 is 0 Å². The number of carbonyl (C=O) groups is 2. The summed E-state index contributed by atoms with van der Waals surface area (Å²) in [6.45, 7) is 6.28. The van der Waals surface area contributed by atoms with Gasteiger partial charge in [-0.15, -0.1) is 0 Å². The van der Waals surface area contributed by atoms with Gasteiger partial charge < -0.3 is 5.11 Å². The first-order valence-electron chi connectivity index (χ1n) is 9.98. The lowest BCUT2D eigenvalue weighted by molar-refractivity contribution is -0.162. The van der Waals surface area contributed by atoms with Crippen molar-refractivity contribution < 1.29 is 14.7 Å². The van der Waals surface area contributed by atoms with Gasteiger partial charge in [-0.1, -0.05) is 13.8 Å². The van der Waals surface area contributed by atoms with E-state index >= 15 is 0 Å². The van der Waals surface area contributed by atoms with Gasteiger partial charge in [0.2, 0.25) is 0 Å². The topological polar surface area (TPSA) is 54.4 Å². The lowest BCUT2D eigenvalue weighted by Crippen LogP contribution is -2.58. The average molecular weight is 332 g/mol. The molecule has 0 radical (unpaired) electrons. The Morgan fingerprint density at radius 1 is 1.08 bits per heavy atom. The summed E-state index contributed by atoms with van der Waals surface area (Å²) in [4.78, 5) is 25.5. The predicted octanol–water partition coefficient (Wildman–Crippen LogP) is 3.77. The summed E-state index contributed by atoms with van der Waals surface area (Å²) in [7, 11) is 0. The highest BCUT2D eigenvalue weighted by molar-refractivity contribution is 5.87. The molecule has 8 atom stereocenters. The lowest BCUT2D eigenvalue weighted by atomic mass is 9.44. The average Bonchev–Trinajstić information content (AvgIpc) is 2.84. The standard InChI is InChI=1S/C21H32O3/c1-12(22)16-6-7-17-15-5-4-13-10-14(23)8-9-20(13,2)19(15)18(24)11-21(16,17)3/h13-17,19,23H,4-11H2,1-3H3/t13-,14-,15?,16?,17?,19?,20+,21-/m1/s1. The van der Waals surface area contributed by atoms with E-state index in [1.807, 2.05) is 0 Å².